The van der Waals surface area contributed by atoms with Gasteiger partial charge < -0.3 is 19.6 Å². The molecule has 3 saturated heterocycles. The fraction of sp³-hybridized carbons (Fsp3) is 0.640. The van der Waals surface area contributed by atoms with Crippen molar-refractivity contribution in [3.05, 3.63) is 30.3 Å². The van der Waals surface area contributed by atoms with Crippen molar-refractivity contribution in [1.29, 1.82) is 0 Å². The van der Waals surface area contributed by atoms with Crippen LogP contribution < -0.4 is 4.90 Å². The number of benzene rings is 1. The minimum Gasteiger partial charge on any atom is -0.368 e. The number of anilines is 1. The van der Waals surface area contributed by atoms with E-state index in [0.29, 0.717) is 38.9 Å². The van der Waals surface area contributed by atoms with Gasteiger partial charge in [-0.2, -0.15) is 0 Å². The van der Waals surface area contributed by atoms with Crippen LogP contribution in [0.3, 0.4) is 0 Å². The maximum absolute atomic E-state index is 13.1. The Kier molecular flexibility index (Phi) is 6.45. The molecule has 0 unspecified atom stereocenters. The number of carbonyl (C=O) groups excluding carboxylic acids is 3. The van der Waals surface area contributed by atoms with E-state index < -0.39 is 0 Å². The van der Waals surface area contributed by atoms with Gasteiger partial charge in [0.2, 0.25) is 17.7 Å². The quantitative estimate of drug-likeness (QED) is 0.723. The highest BCUT2D eigenvalue weighted by molar-refractivity contribution is 5.90. The van der Waals surface area contributed by atoms with Crippen molar-refractivity contribution >= 4 is 23.4 Å². The molecule has 0 aliphatic carbocycles. The van der Waals surface area contributed by atoms with Crippen LogP contribution in [-0.4, -0.2) is 83.8 Å². The standard InChI is InChI=1S/C25H36N4O3/c1-25(2,3)29-18-20(17-22(29)30)24(32)27-11-9-19(10-12-27)23(31)28-15-13-26(14-16-28)21-7-5-4-6-8-21/h4-8,19-20H,9-18H2,1-3H3/t20-/m0/s1. The monoisotopic (exact) mass is 440 g/mol. The minimum atomic E-state index is -0.254. The Balaban J connectivity index is 1.25. The molecule has 1 aromatic rings. The van der Waals surface area contributed by atoms with Gasteiger partial charge in [-0.3, -0.25) is 14.4 Å². The largest absolute Gasteiger partial charge is 0.368 e. The first-order chi connectivity index (χ1) is 15.2. The molecule has 0 saturated carbocycles. The number of nitrogens with zero attached hydrogens (tertiary/aromatic N) is 4. The third-order valence-electron chi connectivity index (χ3n) is 7.15. The summed E-state index contributed by atoms with van der Waals surface area (Å²) in [6, 6.07) is 10.3. The van der Waals surface area contributed by atoms with Gasteiger partial charge >= 0.3 is 0 Å². The van der Waals surface area contributed by atoms with Gasteiger partial charge in [-0.1, -0.05) is 18.2 Å². The summed E-state index contributed by atoms with van der Waals surface area (Å²) >= 11 is 0. The predicted octanol–water partition coefficient (Wildman–Crippen LogP) is 2.22. The molecule has 0 aromatic heterocycles. The summed E-state index contributed by atoms with van der Waals surface area (Å²) in [7, 11) is 0. The first-order valence-electron chi connectivity index (χ1n) is 11.9. The highest BCUT2D eigenvalue weighted by Gasteiger charge is 2.42. The molecule has 1 atom stereocenters. The molecule has 174 valence electrons. The summed E-state index contributed by atoms with van der Waals surface area (Å²) in [5, 5.41) is 0. The highest BCUT2D eigenvalue weighted by atomic mass is 16.2. The zero-order valence-electron chi connectivity index (χ0n) is 19.6. The van der Waals surface area contributed by atoms with Crippen LogP contribution in [0.2, 0.25) is 0 Å². The van der Waals surface area contributed by atoms with E-state index in [4.69, 9.17) is 0 Å². The van der Waals surface area contributed by atoms with Crippen LogP contribution in [0.1, 0.15) is 40.0 Å². The number of rotatable bonds is 3. The van der Waals surface area contributed by atoms with Gasteiger partial charge in [0.25, 0.3) is 0 Å². The SMILES string of the molecule is CC(C)(C)N1C[C@@H](C(=O)N2CCC(C(=O)N3CCN(c4ccccc4)CC3)CC2)CC1=O. The van der Waals surface area contributed by atoms with Crippen molar-refractivity contribution in [1.82, 2.24) is 14.7 Å². The molecule has 7 heteroatoms. The Labute approximate surface area is 191 Å². The fourth-order valence-corrected chi connectivity index (χ4v) is 5.21. The van der Waals surface area contributed by atoms with Gasteiger partial charge in [0, 0.05) is 69.4 Å². The molecule has 3 heterocycles. The molecule has 3 aliphatic rings. The van der Waals surface area contributed by atoms with Gasteiger partial charge in [-0.05, 0) is 45.7 Å². The maximum Gasteiger partial charge on any atom is 0.227 e. The molecular weight excluding hydrogens is 404 g/mol. The lowest BCUT2D eigenvalue weighted by atomic mass is 9.93. The summed E-state index contributed by atoms with van der Waals surface area (Å²) in [5.41, 5.74) is 0.956. The number of likely N-dealkylation sites (tertiary alicyclic amines) is 2. The lowest BCUT2D eigenvalue weighted by Gasteiger charge is -2.39. The fourth-order valence-electron chi connectivity index (χ4n) is 5.21. The Morgan fingerprint density at radius 2 is 1.38 bits per heavy atom. The second-order valence-electron chi connectivity index (χ2n) is 10.3. The van der Waals surface area contributed by atoms with E-state index in [2.05, 4.69) is 17.0 Å². The van der Waals surface area contributed by atoms with Gasteiger partial charge in [-0.15, -0.1) is 0 Å². The smallest absolute Gasteiger partial charge is 0.227 e. The van der Waals surface area contributed by atoms with Gasteiger partial charge in [-0.25, -0.2) is 0 Å². The predicted molar refractivity (Wildman–Crippen MR) is 124 cm³/mol. The van der Waals surface area contributed by atoms with E-state index >= 15 is 0 Å². The second kappa shape index (κ2) is 9.12. The summed E-state index contributed by atoms with van der Waals surface area (Å²) < 4.78 is 0. The van der Waals surface area contributed by atoms with E-state index in [9.17, 15) is 14.4 Å². The molecule has 4 rings (SSSR count). The number of carbonyl (C=O) groups is 3. The van der Waals surface area contributed by atoms with Crippen molar-refractivity contribution in [2.24, 2.45) is 11.8 Å². The number of piperidine rings is 1. The van der Waals surface area contributed by atoms with Crippen molar-refractivity contribution in [2.45, 2.75) is 45.6 Å². The normalized spacial score (nSPS) is 23.1. The van der Waals surface area contributed by atoms with E-state index in [1.54, 1.807) is 0 Å². The van der Waals surface area contributed by atoms with Crippen LogP contribution in [0, 0.1) is 11.8 Å². The molecule has 0 bridgehead atoms. The summed E-state index contributed by atoms with van der Waals surface area (Å²) in [6.07, 6.45) is 1.74. The molecule has 0 N–H and O–H groups in total. The second-order valence-corrected chi connectivity index (χ2v) is 10.3. The van der Waals surface area contributed by atoms with E-state index in [-0.39, 0.29) is 35.1 Å². The van der Waals surface area contributed by atoms with Crippen molar-refractivity contribution in [2.75, 3.05) is 50.7 Å². The molecule has 0 spiro atoms. The Morgan fingerprint density at radius 3 is 1.94 bits per heavy atom. The molecule has 32 heavy (non-hydrogen) atoms. The van der Waals surface area contributed by atoms with Crippen LogP contribution in [-0.2, 0) is 14.4 Å². The average molecular weight is 441 g/mol. The molecule has 1 aromatic carbocycles. The molecule has 3 aliphatic heterocycles. The van der Waals surface area contributed by atoms with Gasteiger partial charge in [0.05, 0.1) is 5.92 Å². The maximum atomic E-state index is 13.1. The Morgan fingerprint density at radius 1 is 0.812 bits per heavy atom. The third kappa shape index (κ3) is 4.76. The van der Waals surface area contributed by atoms with Gasteiger partial charge in [0.15, 0.2) is 0 Å². The Hall–Kier alpha value is -2.57. The lowest BCUT2D eigenvalue weighted by Crippen LogP contribution is -2.52. The van der Waals surface area contributed by atoms with Crippen LogP contribution >= 0.6 is 0 Å². The van der Waals surface area contributed by atoms with Crippen molar-refractivity contribution < 1.29 is 14.4 Å². The highest BCUT2D eigenvalue weighted by Crippen LogP contribution is 2.29. The van der Waals surface area contributed by atoms with Crippen LogP contribution in [0.15, 0.2) is 30.3 Å². The van der Waals surface area contributed by atoms with Gasteiger partial charge in [0.1, 0.15) is 0 Å². The summed E-state index contributed by atoms with van der Waals surface area (Å²) in [5.74, 6) is 0.126. The third-order valence-corrected chi connectivity index (χ3v) is 7.15. The zero-order chi connectivity index (χ0) is 22.9. The van der Waals surface area contributed by atoms with Crippen LogP contribution in [0.4, 0.5) is 5.69 Å². The minimum absolute atomic E-state index is 0.00129. The number of amides is 3. The van der Waals surface area contributed by atoms with E-state index in [1.807, 2.05) is 53.7 Å². The molecule has 0 radical (unpaired) electrons. The summed E-state index contributed by atoms with van der Waals surface area (Å²) in [6.45, 7) is 11.0. The molecule has 3 fully saturated rings. The number of piperazine rings is 1. The lowest BCUT2D eigenvalue weighted by molar-refractivity contribution is -0.142. The van der Waals surface area contributed by atoms with E-state index in [0.717, 1.165) is 26.2 Å². The molecular formula is C25H36N4O3. The number of hydrogen-bond donors (Lipinski definition) is 0. The first-order valence-corrected chi connectivity index (χ1v) is 11.9. The van der Waals surface area contributed by atoms with Crippen molar-refractivity contribution in [3.63, 3.8) is 0 Å². The molecule has 3 amide bonds. The summed E-state index contributed by atoms with van der Waals surface area (Å²) in [4.78, 5) is 46.5. The number of para-hydroxylation sites is 1. The van der Waals surface area contributed by atoms with Crippen LogP contribution in [0.25, 0.3) is 0 Å². The Bertz CT molecular complexity index is 834. The average Bonchev–Trinajstić information content (AvgIpc) is 3.21. The first kappa shape index (κ1) is 22.6. The number of hydrogen-bond acceptors (Lipinski definition) is 4. The zero-order valence-corrected chi connectivity index (χ0v) is 19.6. The topological polar surface area (TPSA) is 64.2 Å². The van der Waals surface area contributed by atoms with E-state index in [1.165, 1.54) is 5.69 Å². The van der Waals surface area contributed by atoms with Crippen molar-refractivity contribution in [3.8, 4) is 0 Å². The molecule has 7 nitrogen and oxygen atoms in total. The van der Waals surface area contributed by atoms with Crippen LogP contribution in [0.5, 0.6) is 0 Å².